The van der Waals surface area contributed by atoms with Crippen molar-refractivity contribution in [2.75, 3.05) is 12.4 Å². The van der Waals surface area contributed by atoms with E-state index in [1.165, 1.54) is 13.1 Å². The lowest BCUT2D eigenvalue weighted by atomic mass is 10.1. The highest BCUT2D eigenvalue weighted by atomic mass is 35.5. The van der Waals surface area contributed by atoms with Gasteiger partial charge in [-0.25, -0.2) is 4.98 Å². The van der Waals surface area contributed by atoms with Gasteiger partial charge in [-0.3, -0.25) is 14.2 Å². The third-order valence-electron chi connectivity index (χ3n) is 4.90. The van der Waals surface area contributed by atoms with Crippen LogP contribution in [-0.4, -0.2) is 28.4 Å². The van der Waals surface area contributed by atoms with Crippen LogP contribution in [0.25, 0.3) is 16.7 Å². The molecule has 2 aromatic carbocycles. The van der Waals surface area contributed by atoms with Crippen LogP contribution in [-0.2, 0) is 0 Å². The van der Waals surface area contributed by atoms with Crippen molar-refractivity contribution in [3.8, 4) is 5.82 Å². The van der Waals surface area contributed by atoms with Gasteiger partial charge in [0.05, 0.1) is 21.8 Å². The van der Waals surface area contributed by atoms with Gasteiger partial charge in [0.2, 0.25) is 0 Å². The molecule has 0 unspecified atom stereocenters. The van der Waals surface area contributed by atoms with E-state index in [4.69, 9.17) is 23.2 Å². The number of pyridine rings is 1. The van der Waals surface area contributed by atoms with Crippen molar-refractivity contribution in [3.63, 3.8) is 0 Å². The standard InChI is InChI=1S/C23H18Cl2N4O2/c1-13-10-15(24)12-16(22(30)26-2)20(13)28-23(31)19-11-14-6-3-4-8-18(14)29(19)21-17(25)7-5-9-27-21/h3-12H,1-2H3,(H,26,30)(H,28,31). The van der Waals surface area contributed by atoms with Crippen LogP contribution in [0.1, 0.15) is 26.4 Å². The number of nitrogens with zero attached hydrogens (tertiary/aromatic N) is 2. The zero-order valence-electron chi connectivity index (χ0n) is 16.7. The minimum absolute atomic E-state index is 0.277. The topological polar surface area (TPSA) is 76.0 Å². The number of carbonyl (C=O) groups excluding carboxylic acids is 2. The molecule has 31 heavy (non-hydrogen) atoms. The number of rotatable bonds is 4. The average molecular weight is 453 g/mol. The van der Waals surface area contributed by atoms with Gasteiger partial charge in [-0.1, -0.05) is 41.4 Å². The summed E-state index contributed by atoms with van der Waals surface area (Å²) in [7, 11) is 1.52. The smallest absolute Gasteiger partial charge is 0.272 e. The predicted octanol–water partition coefficient (Wildman–Crippen LogP) is 5.25. The zero-order valence-corrected chi connectivity index (χ0v) is 18.3. The summed E-state index contributed by atoms with van der Waals surface area (Å²) in [5, 5.41) is 7.12. The second-order valence-corrected chi connectivity index (χ2v) is 7.75. The first-order valence-corrected chi connectivity index (χ1v) is 10.2. The van der Waals surface area contributed by atoms with Crippen LogP contribution in [0.15, 0.2) is 60.8 Å². The Labute approximate surface area is 188 Å². The molecule has 4 rings (SSSR count). The molecule has 6 nitrogen and oxygen atoms in total. The number of fused-ring (bicyclic) bond motifs is 1. The van der Waals surface area contributed by atoms with Gasteiger partial charge in [0, 0.05) is 23.7 Å². The summed E-state index contributed by atoms with van der Waals surface area (Å²) in [5.74, 6) is -0.322. The van der Waals surface area contributed by atoms with E-state index in [0.29, 0.717) is 32.8 Å². The Morgan fingerprint density at radius 3 is 2.52 bits per heavy atom. The fourth-order valence-corrected chi connectivity index (χ4v) is 3.97. The highest BCUT2D eigenvalue weighted by Gasteiger charge is 2.22. The van der Waals surface area contributed by atoms with Crippen LogP contribution < -0.4 is 10.6 Å². The van der Waals surface area contributed by atoms with E-state index in [0.717, 1.165) is 10.9 Å². The lowest BCUT2D eigenvalue weighted by Gasteiger charge is -2.15. The normalized spacial score (nSPS) is 10.8. The molecule has 0 aliphatic carbocycles. The molecule has 8 heteroatoms. The Balaban J connectivity index is 1.87. The van der Waals surface area contributed by atoms with Gasteiger partial charge in [-0.15, -0.1) is 0 Å². The van der Waals surface area contributed by atoms with Crippen molar-refractivity contribution < 1.29 is 9.59 Å². The number of hydrogen-bond acceptors (Lipinski definition) is 3. The summed E-state index contributed by atoms with van der Waals surface area (Å²) in [6, 6.07) is 16.0. The molecule has 4 aromatic rings. The zero-order chi connectivity index (χ0) is 22.1. The number of amides is 2. The fourth-order valence-electron chi connectivity index (χ4n) is 3.49. The van der Waals surface area contributed by atoms with Gasteiger partial charge < -0.3 is 10.6 Å². The molecular weight excluding hydrogens is 435 g/mol. The molecule has 0 spiro atoms. The van der Waals surface area contributed by atoms with Gasteiger partial charge in [0.15, 0.2) is 5.82 Å². The van der Waals surface area contributed by atoms with Gasteiger partial charge in [0.25, 0.3) is 11.8 Å². The van der Waals surface area contributed by atoms with Gasteiger partial charge in [0.1, 0.15) is 5.69 Å². The quantitative estimate of drug-likeness (QED) is 0.443. The van der Waals surface area contributed by atoms with E-state index in [9.17, 15) is 9.59 Å². The third-order valence-corrected chi connectivity index (χ3v) is 5.42. The van der Waals surface area contributed by atoms with Crippen LogP contribution in [0.3, 0.4) is 0 Å². The fraction of sp³-hybridized carbons (Fsp3) is 0.0870. The maximum absolute atomic E-state index is 13.4. The number of aromatic nitrogens is 2. The molecule has 2 heterocycles. The lowest BCUT2D eigenvalue weighted by molar-refractivity contribution is 0.0964. The average Bonchev–Trinajstić information content (AvgIpc) is 3.14. The van der Waals surface area contributed by atoms with E-state index < -0.39 is 5.91 Å². The second-order valence-electron chi connectivity index (χ2n) is 6.91. The highest BCUT2D eigenvalue weighted by Crippen LogP contribution is 2.30. The number of halogens is 2. The lowest BCUT2D eigenvalue weighted by Crippen LogP contribution is -2.23. The molecule has 0 radical (unpaired) electrons. The monoisotopic (exact) mass is 452 g/mol. The van der Waals surface area contributed by atoms with Crippen molar-refractivity contribution in [1.82, 2.24) is 14.9 Å². The molecule has 0 fully saturated rings. The Bertz CT molecular complexity index is 1330. The Morgan fingerprint density at radius 1 is 1.00 bits per heavy atom. The second kappa shape index (κ2) is 8.41. The van der Waals surface area contributed by atoms with Crippen LogP contribution in [0.4, 0.5) is 5.69 Å². The number of benzene rings is 2. The highest BCUT2D eigenvalue weighted by molar-refractivity contribution is 6.32. The van der Waals surface area contributed by atoms with E-state index >= 15 is 0 Å². The molecule has 0 bridgehead atoms. The van der Waals surface area contributed by atoms with Crippen molar-refractivity contribution in [2.24, 2.45) is 0 Å². The van der Waals surface area contributed by atoms with Crippen molar-refractivity contribution in [3.05, 3.63) is 87.7 Å². The molecule has 0 atom stereocenters. The van der Waals surface area contributed by atoms with E-state index in [2.05, 4.69) is 15.6 Å². The SMILES string of the molecule is CNC(=O)c1cc(Cl)cc(C)c1NC(=O)c1cc2ccccc2n1-c1ncccc1Cl. The van der Waals surface area contributed by atoms with E-state index in [1.54, 1.807) is 42.0 Å². The summed E-state index contributed by atoms with van der Waals surface area (Å²) in [5.41, 5.74) is 2.45. The first-order valence-electron chi connectivity index (χ1n) is 9.45. The number of para-hydroxylation sites is 1. The molecular formula is C23H18Cl2N4O2. The largest absolute Gasteiger partial charge is 0.355 e. The van der Waals surface area contributed by atoms with Crippen molar-refractivity contribution in [1.29, 1.82) is 0 Å². The predicted molar refractivity (Wildman–Crippen MR) is 124 cm³/mol. The summed E-state index contributed by atoms with van der Waals surface area (Å²) in [6.07, 6.45) is 1.62. The summed E-state index contributed by atoms with van der Waals surface area (Å²) < 4.78 is 1.71. The third kappa shape index (κ3) is 3.87. The number of aryl methyl sites for hydroxylation is 1. The van der Waals surface area contributed by atoms with Crippen molar-refractivity contribution in [2.45, 2.75) is 6.92 Å². The van der Waals surface area contributed by atoms with E-state index in [-0.39, 0.29) is 11.5 Å². The molecule has 0 saturated carbocycles. The Hall–Kier alpha value is -3.35. The van der Waals surface area contributed by atoms with Crippen LogP contribution >= 0.6 is 23.2 Å². The summed E-state index contributed by atoms with van der Waals surface area (Å²) >= 11 is 12.5. The minimum Gasteiger partial charge on any atom is -0.355 e. The van der Waals surface area contributed by atoms with Gasteiger partial charge in [-0.05, 0) is 48.9 Å². The molecule has 2 amide bonds. The Kier molecular flexibility index (Phi) is 5.67. The number of hydrogen-bond donors (Lipinski definition) is 2. The summed E-state index contributed by atoms with van der Waals surface area (Å²) in [4.78, 5) is 30.2. The maximum Gasteiger partial charge on any atom is 0.272 e. The molecule has 0 saturated heterocycles. The summed E-state index contributed by atoms with van der Waals surface area (Å²) in [6.45, 7) is 1.78. The van der Waals surface area contributed by atoms with Crippen LogP contribution in [0.2, 0.25) is 10.0 Å². The number of carbonyl (C=O) groups is 2. The molecule has 0 aliphatic heterocycles. The molecule has 2 N–H and O–H groups in total. The Morgan fingerprint density at radius 2 is 1.77 bits per heavy atom. The number of anilines is 1. The number of nitrogens with one attached hydrogen (secondary N) is 2. The molecule has 2 aromatic heterocycles. The minimum atomic E-state index is -0.409. The maximum atomic E-state index is 13.4. The molecule has 0 aliphatic rings. The van der Waals surface area contributed by atoms with Crippen LogP contribution in [0, 0.1) is 6.92 Å². The molecule has 156 valence electrons. The van der Waals surface area contributed by atoms with Crippen LogP contribution in [0.5, 0.6) is 0 Å². The van der Waals surface area contributed by atoms with Gasteiger partial charge in [-0.2, -0.15) is 0 Å². The van der Waals surface area contributed by atoms with Gasteiger partial charge >= 0.3 is 0 Å². The first kappa shape index (κ1) is 20.9. The first-order chi connectivity index (χ1) is 14.9. The van der Waals surface area contributed by atoms with E-state index in [1.807, 2.05) is 24.3 Å². The van der Waals surface area contributed by atoms with Crippen molar-refractivity contribution >= 4 is 51.6 Å².